The van der Waals surface area contributed by atoms with E-state index >= 15 is 0 Å². The minimum absolute atomic E-state index is 0.245. The summed E-state index contributed by atoms with van der Waals surface area (Å²) in [5.41, 5.74) is 0.537. The van der Waals surface area contributed by atoms with E-state index in [4.69, 9.17) is 14.2 Å². The number of fused-ring (bicyclic) bond motifs is 1. The zero-order chi connectivity index (χ0) is 17.9. The smallest absolute Gasteiger partial charge is 0.412 e. The first-order valence-corrected chi connectivity index (χ1v) is 7.81. The molecule has 0 aliphatic carbocycles. The van der Waals surface area contributed by atoms with Gasteiger partial charge in [-0.2, -0.15) is 0 Å². The van der Waals surface area contributed by atoms with Crippen LogP contribution >= 0.6 is 15.9 Å². The van der Waals surface area contributed by atoms with Crippen LogP contribution in [0.2, 0.25) is 0 Å². The Morgan fingerprint density at radius 3 is 2.08 bits per heavy atom. The van der Waals surface area contributed by atoms with Gasteiger partial charge in [0.15, 0.2) is 11.5 Å². The maximum atomic E-state index is 11.7. The Labute approximate surface area is 147 Å². The van der Waals surface area contributed by atoms with Gasteiger partial charge in [0.1, 0.15) is 5.75 Å². The molecule has 2 N–H and O–H groups in total. The molecule has 0 heterocycles. The molecule has 7 nitrogen and oxygen atoms in total. The van der Waals surface area contributed by atoms with Crippen LogP contribution in [0, 0.1) is 6.92 Å². The topological polar surface area (TPSA) is 85.9 Å². The van der Waals surface area contributed by atoms with Gasteiger partial charge in [-0.25, -0.2) is 9.59 Å². The van der Waals surface area contributed by atoms with Gasteiger partial charge in [-0.1, -0.05) is 15.9 Å². The summed E-state index contributed by atoms with van der Waals surface area (Å²) in [5, 5.41) is 5.97. The molecule has 0 radical (unpaired) electrons. The van der Waals surface area contributed by atoms with Crippen molar-refractivity contribution < 1.29 is 23.8 Å². The Kier molecular flexibility index (Phi) is 5.50. The average Bonchev–Trinajstić information content (AvgIpc) is 2.58. The number of carbonyl (C=O) groups is 2. The summed E-state index contributed by atoms with van der Waals surface area (Å²) in [6.07, 6.45) is -1.24. The number of rotatable bonds is 3. The molecule has 0 atom stereocenters. The molecule has 0 aliphatic rings. The minimum atomic E-state index is -0.631. The molecule has 2 rings (SSSR count). The minimum Gasteiger partial charge on any atom is -0.492 e. The molecule has 0 fully saturated rings. The van der Waals surface area contributed by atoms with Gasteiger partial charge in [-0.05, 0) is 25.1 Å². The van der Waals surface area contributed by atoms with E-state index in [-0.39, 0.29) is 5.75 Å². The molecular formula is C16H17BrN2O5. The highest BCUT2D eigenvalue weighted by Crippen LogP contribution is 2.46. The first kappa shape index (κ1) is 17.9. The van der Waals surface area contributed by atoms with Crippen molar-refractivity contribution in [1.82, 2.24) is 10.6 Å². The van der Waals surface area contributed by atoms with Gasteiger partial charge in [0.05, 0.1) is 7.11 Å². The second kappa shape index (κ2) is 7.39. The van der Waals surface area contributed by atoms with Crippen LogP contribution in [0.15, 0.2) is 22.7 Å². The molecule has 2 aromatic rings. The van der Waals surface area contributed by atoms with E-state index in [0.717, 1.165) is 4.47 Å². The number of nitrogens with one attached hydrogen (secondary N) is 2. The lowest BCUT2D eigenvalue weighted by Crippen LogP contribution is -2.24. The predicted molar refractivity (Wildman–Crippen MR) is 93.1 cm³/mol. The second-order valence-corrected chi connectivity index (χ2v) is 5.70. The number of hydrogen-bond donors (Lipinski definition) is 2. The summed E-state index contributed by atoms with van der Waals surface area (Å²) in [6, 6.07) is 5.32. The van der Waals surface area contributed by atoms with Crippen molar-refractivity contribution in [2.24, 2.45) is 0 Å². The van der Waals surface area contributed by atoms with Crippen LogP contribution < -0.4 is 24.8 Å². The molecular weight excluding hydrogens is 380 g/mol. The van der Waals surface area contributed by atoms with E-state index in [2.05, 4.69) is 26.6 Å². The van der Waals surface area contributed by atoms with Crippen LogP contribution in [0.5, 0.6) is 17.2 Å². The van der Waals surface area contributed by atoms with Crippen molar-refractivity contribution >= 4 is 38.9 Å². The summed E-state index contributed by atoms with van der Waals surface area (Å²) in [4.78, 5) is 23.4. The van der Waals surface area contributed by atoms with Crippen molar-refractivity contribution in [3.8, 4) is 17.2 Å². The summed E-state index contributed by atoms with van der Waals surface area (Å²) >= 11 is 3.39. The summed E-state index contributed by atoms with van der Waals surface area (Å²) in [5.74, 6) is 0.885. The Morgan fingerprint density at radius 2 is 1.54 bits per heavy atom. The molecule has 128 valence electrons. The van der Waals surface area contributed by atoms with Crippen molar-refractivity contribution in [2.75, 3.05) is 21.2 Å². The molecule has 0 bridgehead atoms. The molecule has 0 aromatic heterocycles. The van der Waals surface area contributed by atoms with Crippen molar-refractivity contribution in [2.45, 2.75) is 6.92 Å². The third kappa shape index (κ3) is 3.38. The van der Waals surface area contributed by atoms with E-state index < -0.39 is 12.2 Å². The molecule has 0 saturated carbocycles. The monoisotopic (exact) mass is 396 g/mol. The van der Waals surface area contributed by atoms with Crippen LogP contribution in [0.4, 0.5) is 9.59 Å². The fourth-order valence-corrected chi connectivity index (χ4v) is 2.63. The molecule has 2 aromatic carbocycles. The highest BCUT2D eigenvalue weighted by atomic mass is 79.9. The van der Waals surface area contributed by atoms with E-state index in [9.17, 15) is 9.59 Å². The number of amides is 2. The highest BCUT2D eigenvalue weighted by Gasteiger charge is 2.23. The van der Waals surface area contributed by atoms with Crippen molar-refractivity contribution in [3.05, 3.63) is 28.2 Å². The number of benzene rings is 2. The zero-order valence-electron chi connectivity index (χ0n) is 13.7. The quantitative estimate of drug-likeness (QED) is 0.830. The van der Waals surface area contributed by atoms with Gasteiger partial charge in [-0.15, -0.1) is 0 Å². The predicted octanol–water partition coefficient (Wildman–Crippen LogP) is 3.36. The van der Waals surface area contributed by atoms with Gasteiger partial charge in [-0.3, -0.25) is 0 Å². The molecule has 24 heavy (non-hydrogen) atoms. The summed E-state index contributed by atoms with van der Waals surface area (Å²) in [6.45, 7) is 1.72. The van der Waals surface area contributed by atoms with Crippen LogP contribution in [0.25, 0.3) is 10.8 Å². The van der Waals surface area contributed by atoms with Gasteiger partial charge >= 0.3 is 12.2 Å². The number of methoxy groups -OCH3 is 1. The molecule has 2 amide bonds. The first-order valence-electron chi connectivity index (χ1n) is 7.01. The lowest BCUT2D eigenvalue weighted by Gasteiger charge is -2.18. The Bertz CT molecular complexity index is 807. The number of halogens is 1. The average molecular weight is 397 g/mol. The normalized spacial score (nSPS) is 10.2. The molecule has 0 saturated heterocycles. The lowest BCUT2D eigenvalue weighted by molar-refractivity contribution is 0.199. The van der Waals surface area contributed by atoms with Gasteiger partial charge < -0.3 is 24.8 Å². The lowest BCUT2D eigenvalue weighted by atomic mass is 10.0. The fourth-order valence-electron chi connectivity index (χ4n) is 2.27. The second-order valence-electron chi connectivity index (χ2n) is 4.79. The van der Waals surface area contributed by atoms with Crippen molar-refractivity contribution in [3.63, 3.8) is 0 Å². The Hall–Kier alpha value is -2.48. The molecule has 0 spiro atoms. The van der Waals surface area contributed by atoms with E-state index in [1.807, 2.05) is 0 Å². The SMILES string of the molecule is CNC(=O)Oc1c(C)c(OC)c(OC(=O)NC)c2cc(Br)ccc12. The van der Waals surface area contributed by atoms with Gasteiger partial charge in [0.2, 0.25) is 0 Å². The number of ether oxygens (including phenoxy) is 3. The van der Waals surface area contributed by atoms with Crippen LogP contribution in [0.3, 0.4) is 0 Å². The Morgan fingerprint density at radius 1 is 0.958 bits per heavy atom. The van der Waals surface area contributed by atoms with E-state index in [0.29, 0.717) is 27.8 Å². The number of carbonyl (C=O) groups excluding carboxylic acids is 2. The third-order valence-corrected chi connectivity index (χ3v) is 3.85. The van der Waals surface area contributed by atoms with Gasteiger partial charge in [0, 0.05) is 34.9 Å². The first-order chi connectivity index (χ1) is 11.4. The highest BCUT2D eigenvalue weighted by molar-refractivity contribution is 9.10. The Balaban J connectivity index is 2.80. The maximum absolute atomic E-state index is 11.7. The summed E-state index contributed by atoms with van der Waals surface area (Å²) in [7, 11) is 4.38. The molecule has 8 heteroatoms. The maximum Gasteiger partial charge on any atom is 0.412 e. The van der Waals surface area contributed by atoms with Crippen molar-refractivity contribution in [1.29, 1.82) is 0 Å². The standard InChI is InChI=1S/C16H17BrN2O5/c1-8-12(23-15(20)18-2)10-6-5-9(17)7-11(10)14(13(8)22-4)24-16(21)19-3/h5-7H,1-4H3,(H,18,20)(H,19,21). The zero-order valence-corrected chi connectivity index (χ0v) is 15.2. The van der Waals surface area contributed by atoms with E-state index in [1.165, 1.54) is 21.2 Å². The molecule has 0 aliphatic heterocycles. The largest absolute Gasteiger partial charge is 0.492 e. The van der Waals surface area contributed by atoms with Gasteiger partial charge in [0.25, 0.3) is 0 Å². The van der Waals surface area contributed by atoms with Crippen LogP contribution in [-0.4, -0.2) is 33.4 Å². The number of hydrogen-bond acceptors (Lipinski definition) is 5. The van der Waals surface area contributed by atoms with Crippen LogP contribution in [0.1, 0.15) is 5.56 Å². The summed E-state index contributed by atoms with van der Waals surface area (Å²) < 4.78 is 16.9. The molecule has 0 unspecified atom stereocenters. The fraction of sp³-hybridized carbons (Fsp3) is 0.250. The van der Waals surface area contributed by atoms with E-state index in [1.54, 1.807) is 25.1 Å². The van der Waals surface area contributed by atoms with Crippen LogP contribution in [-0.2, 0) is 0 Å². The third-order valence-electron chi connectivity index (χ3n) is 3.36.